The number of fused-ring (bicyclic) bond motifs is 1. The maximum atomic E-state index is 9.47. The van der Waals surface area contributed by atoms with Crippen LogP contribution in [0.2, 0.25) is 0 Å². The molecule has 0 amide bonds. The standard InChI is InChI=1S/C15H17N3O/c1-2-17-9-7-16-14(17)10-18-8-6-12-4-3-5-13(11-19)15(12)18/h3-9,19H,2,10-11H2,1H3. The molecule has 0 bridgehead atoms. The van der Waals surface area contributed by atoms with Crippen LogP contribution in [0.25, 0.3) is 10.9 Å². The highest BCUT2D eigenvalue weighted by Gasteiger charge is 2.08. The van der Waals surface area contributed by atoms with Crippen LogP contribution in [0, 0.1) is 0 Å². The largest absolute Gasteiger partial charge is 0.392 e. The number of hydrogen-bond donors (Lipinski definition) is 1. The first kappa shape index (κ1) is 12.0. The van der Waals surface area contributed by atoms with Crippen LogP contribution >= 0.6 is 0 Å². The molecule has 0 unspecified atom stereocenters. The van der Waals surface area contributed by atoms with Gasteiger partial charge in [-0.25, -0.2) is 4.98 Å². The van der Waals surface area contributed by atoms with Gasteiger partial charge < -0.3 is 14.2 Å². The Morgan fingerprint density at radius 2 is 2.05 bits per heavy atom. The van der Waals surface area contributed by atoms with Crippen LogP contribution in [-0.2, 0) is 19.7 Å². The number of benzene rings is 1. The molecular formula is C15H17N3O. The molecule has 0 aliphatic rings. The van der Waals surface area contributed by atoms with Gasteiger partial charge in [-0.2, -0.15) is 0 Å². The molecule has 3 aromatic rings. The van der Waals surface area contributed by atoms with Gasteiger partial charge in [-0.3, -0.25) is 0 Å². The molecule has 98 valence electrons. The number of hydrogen-bond acceptors (Lipinski definition) is 2. The van der Waals surface area contributed by atoms with E-state index in [2.05, 4.69) is 39.4 Å². The van der Waals surface area contributed by atoms with E-state index in [-0.39, 0.29) is 6.61 Å². The molecule has 4 nitrogen and oxygen atoms in total. The van der Waals surface area contributed by atoms with E-state index >= 15 is 0 Å². The summed E-state index contributed by atoms with van der Waals surface area (Å²) in [6.07, 6.45) is 5.88. The van der Waals surface area contributed by atoms with Gasteiger partial charge in [0, 0.05) is 30.7 Å². The van der Waals surface area contributed by atoms with Crippen molar-refractivity contribution in [1.29, 1.82) is 0 Å². The summed E-state index contributed by atoms with van der Waals surface area (Å²) in [5.74, 6) is 1.03. The lowest BCUT2D eigenvalue weighted by molar-refractivity contribution is 0.283. The first-order chi connectivity index (χ1) is 9.33. The number of aliphatic hydroxyl groups is 1. The quantitative estimate of drug-likeness (QED) is 0.778. The van der Waals surface area contributed by atoms with Crippen LogP contribution < -0.4 is 0 Å². The van der Waals surface area contributed by atoms with Crippen LogP contribution in [0.1, 0.15) is 18.3 Å². The SMILES string of the molecule is CCn1ccnc1Cn1ccc2cccc(CO)c21. The van der Waals surface area contributed by atoms with Crippen molar-refractivity contribution in [3.8, 4) is 0 Å². The lowest BCUT2D eigenvalue weighted by atomic mass is 10.1. The van der Waals surface area contributed by atoms with E-state index in [1.54, 1.807) is 0 Å². The molecule has 2 heterocycles. The molecule has 19 heavy (non-hydrogen) atoms. The Bertz CT molecular complexity index is 696. The second-order valence-corrected chi connectivity index (χ2v) is 4.59. The number of aryl methyl sites for hydroxylation is 1. The second-order valence-electron chi connectivity index (χ2n) is 4.59. The van der Waals surface area contributed by atoms with Gasteiger partial charge in [-0.05, 0) is 18.4 Å². The highest BCUT2D eigenvalue weighted by Crippen LogP contribution is 2.21. The first-order valence-corrected chi connectivity index (χ1v) is 6.51. The summed E-state index contributed by atoms with van der Waals surface area (Å²) in [4.78, 5) is 4.40. The Morgan fingerprint density at radius 1 is 1.16 bits per heavy atom. The van der Waals surface area contributed by atoms with Gasteiger partial charge in [0.15, 0.2) is 0 Å². The average molecular weight is 255 g/mol. The molecule has 4 heteroatoms. The van der Waals surface area contributed by atoms with Gasteiger partial charge in [0.2, 0.25) is 0 Å². The fourth-order valence-electron chi connectivity index (χ4n) is 2.53. The third-order valence-electron chi connectivity index (χ3n) is 3.50. The third kappa shape index (κ3) is 2.04. The Labute approximate surface area is 111 Å². The van der Waals surface area contributed by atoms with E-state index < -0.39 is 0 Å². The fourth-order valence-corrected chi connectivity index (χ4v) is 2.53. The summed E-state index contributed by atoms with van der Waals surface area (Å²) in [6.45, 7) is 3.81. The van der Waals surface area contributed by atoms with E-state index in [1.807, 2.05) is 24.5 Å². The van der Waals surface area contributed by atoms with Crippen LogP contribution in [0.4, 0.5) is 0 Å². The Kier molecular flexibility index (Phi) is 3.09. The first-order valence-electron chi connectivity index (χ1n) is 6.51. The van der Waals surface area contributed by atoms with Crippen molar-refractivity contribution in [3.63, 3.8) is 0 Å². The van der Waals surface area contributed by atoms with Crippen molar-refractivity contribution in [2.45, 2.75) is 26.6 Å². The van der Waals surface area contributed by atoms with E-state index in [4.69, 9.17) is 0 Å². The van der Waals surface area contributed by atoms with Crippen molar-refractivity contribution in [2.24, 2.45) is 0 Å². The molecule has 0 radical (unpaired) electrons. The summed E-state index contributed by atoms with van der Waals surface area (Å²) in [6, 6.07) is 8.08. The molecule has 0 saturated carbocycles. The molecule has 0 saturated heterocycles. The Morgan fingerprint density at radius 3 is 2.84 bits per heavy atom. The molecule has 2 aromatic heterocycles. The zero-order valence-electron chi connectivity index (χ0n) is 11.0. The molecule has 0 atom stereocenters. The van der Waals surface area contributed by atoms with Crippen molar-refractivity contribution in [2.75, 3.05) is 0 Å². The molecule has 0 aliphatic carbocycles. The van der Waals surface area contributed by atoms with E-state index in [9.17, 15) is 5.11 Å². The maximum absolute atomic E-state index is 9.47. The monoisotopic (exact) mass is 255 g/mol. The van der Waals surface area contributed by atoms with Gasteiger partial charge in [-0.1, -0.05) is 18.2 Å². The number of para-hydroxylation sites is 1. The maximum Gasteiger partial charge on any atom is 0.128 e. The normalized spacial score (nSPS) is 11.3. The number of aromatic nitrogens is 3. The van der Waals surface area contributed by atoms with Crippen LogP contribution in [0.3, 0.4) is 0 Å². The van der Waals surface area contributed by atoms with Gasteiger partial charge in [0.1, 0.15) is 5.82 Å². The summed E-state index contributed by atoms with van der Waals surface area (Å²) < 4.78 is 4.28. The zero-order chi connectivity index (χ0) is 13.2. The van der Waals surface area contributed by atoms with Crippen molar-refractivity contribution < 1.29 is 5.11 Å². The topological polar surface area (TPSA) is 43.0 Å². The fraction of sp³-hybridized carbons (Fsp3) is 0.267. The minimum Gasteiger partial charge on any atom is -0.392 e. The Balaban J connectivity index is 2.06. The van der Waals surface area contributed by atoms with Crippen LogP contribution in [0.5, 0.6) is 0 Å². The lowest BCUT2D eigenvalue weighted by Crippen LogP contribution is -2.07. The lowest BCUT2D eigenvalue weighted by Gasteiger charge is -2.09. The predicted octanol–water partition coefficient (Wildman–Crippen LogP) is 2.40. The predicted molar refractivity (Wildman–Crippen MR) is 74.9 cm³/mol. The highest BCUT2D eigenvalue weighted by atomic mass is 16.3. The molecule has 3 rings (SSSR count). The summed E-state index contributed by atoms with van der Waals surface area (Å²) >= 11 is 0. The van der Waals surface area contributed by atoms with Gasteiger partial charge in [0.25, 0.3) is 0 Å². The van der Waals surface area contributed by atoms with Gasteiger partial charge in [-0.15, -0.1) is 0 Å². The average Bonchev–Trinajstić information content (AvgIpc) is 3.06. The molecule has 1 aromatic carbocycles. The summed E-state index contributed by atoms with van der Waals surface area (Å²) in [5, 5.41) is 10.6. The highest BCUT2D eigenvalue weighted by molar-refractivity contribution is 5.83. The number of nitrogens with zero attached hydrogens (tertiary/aromatic N) is 3. The molecule has 0 aliphatic heterocycles. The molecule has 0 spiro atoms. The number of rotatable bonds is 4. The minimum absolute atomic E-state index is 0.0591. The summed E-state index contributed by atoms with van der Waals surface area (Å²) in [5.41, 5.74) is 2.05. The molecular weight excluding hydrogens is 238 g/mol. The van der Waals surface area contributed by atoms with E-state index in [1.165, 1.54) is 0 Å². The smallest absolute Gasteiger partial charge is 0.128 e. The van der Waals surface area contributed by atoms with E-state index in [0.29, 0.717) is 0 Å². The third-order valence-corrected chi connectivity index (χ3v) is 3.50. The second kappa shape index (κ2) is 4.90. The van der Waals surface area contributed by atoms with Crippen LogP contribution in [-0.4, -0.2) is 19.2 Å². The van der Waals surface area contributed by atoms with Gasteiger partial charge >= 0.3 is 0 Å². The summed E-state index contributed by atoms with van der Waals surface area (Å²) in [7, 11) is 0. The van der Waals surface area contributed by atoms with Crippen molar-refractivity contribution in [1.82, 2.24) is 14.1 Å². The minimum atomic E-state index is 0.0591. The van der Waals surface area contributed by atoms with Crippen molar-refractivity contribution >= 4 is 10.9 Å². The van der Waals surface area contributed by atoms with E-state index in [0.717, 1.165) is 35.4 Å². The number of imidazole rings is 1. The van der Waals surface area contributed by atoms with Crippen molar-refractivity contribution in [3.05, 3.63) is 54.2 Å². The molecule has 1 N–H and O–H groups in total. The molecule has 0 fully saturated rings. The zero-order valence-corrected chi connectivity index (χ0v) is 11.0. The Hall–Kier alpha value is -2.07. The number of aliphatic hydroxyl groups excluding tert-OH is 1. The van der Waals surface area contributed by atoms with Gasteiger partial charge in [0.05, 0.1) is 18.7 Å². The van der Waals surface area contributed by atoms with Crippen LogP contribution in [0.15, 0.2) is 42.9 Å².